The SMILES string of the molecule is CN1CCn2ncc(-c3ccc4cnc(NC(=C5CC5)C5CC(F)(F)C5)cc4c3)c2C1. The number of nitrogens with one attached hydrogen (secondary N) is 1. The van der Waals surface area contributed by atoms with Crippen LogP contribution in [0.15, 0.2) is 47.9 Å². The molecule has 0 bridgehead atoms. The molecule has 2 saturated carbocycles. The summed E-state index contributed by atoms with van der Waals surface area (Å²) in [6, 6.07) is 8.42. The molecule has 5 nitrogen and oxygen atoms in total. The first-order valence-electron chi connectivity index (χ1n) is 11.0. The molecular weight excluding hydrogens is 396 g/mol. The van der Waals surface area contributed by atoms with Gasteiger partial charge in [0.25, 0.3) is 0 Å². The van der Waals surface area contributed by atoms with Gasteiger partial charge in [-0.2, -0.15) is 5.10 Å². The van der Waals surface area contributed by atoms with Crippen molar-refractivity contribution in [3.63, 3.8) is 0 Å². The Morgan fingerprint density at radius 3 is 2.71 bits per heavy atom. The minimum Gasteiger partial charge on any atom is -0.344 e. The first-order valence-corrected chi connectivity index (χ1v) is 11.0. The Morgan fingerprint density at radius 1 is 1.10 bits per heavy atom. The van der Waals surface area contributed by atoms with Crippen LogP contribution in [0.4, 0.5) is 14.6 Å². The maximum Gasteiger partial charge on any atom is 0.249 e. The van der Waals surface area contributed by atoms with E-state index in [-0.39, 0.29) is 18.8 Å². The molecule has 0 atom stereocenters. The number of halogens is 2. The van der Waals surface area contributed by atoms with Crippen molar-refractivity contribution in [2.24, 2.45) is 5.92 Å². The minimum absolute atomic E-state index is 0.0578. The maximum absolute atomic E-state index is 13.4. The second-order valence-corrected chi connectivity index (χ2v) is 9.20. The summed E-state index contributed by atoms with van der Waals surface area (Å²) in [7, 11) is 2.13. The number of anilines is 1. The summed E-state index contributed by atoms with van der Waals surface area (Å²) in [4.78, 5) is 6.86. The summed E-state index contributed by atoms with van der Waals surface area (Å²) in [6.07, 6.45) is 5.71. The number of fused-ring (bicyclic) bond motifs is 2. The Morgan fingerprint density at radius 2 is 1.94 bits per heavy atom. The third kappa shape index (κ3) is 3.51. The number of likely N-dealkylation sites (N-methyl/N-ethyl adjacent to an activating group) is 1. The molecule has 3 aliphatic rings. The van der Waals surface area contributed by atoms with Crippen LogP contribution in [0.5, 0.6) is 0 Å². The molecule has 7 heteroatoms. The maximum atomic E-state index is 13.4. The highest BCUT2D eigenvalue weighted by Crippen LogP contribution is 2.49. The summed E-state index contributed by atoms with van der Waals surface area (Å²) in [6.45, 7) is 2.81. The lowest BCUT2D eigenvalue weighted by Gasteiger charge is -2.36. The fourth-order valence-corrected chi connectivity index (χ4v) is 4.80. The van der Waals surface area contributed by atoms with E-state index in [2.05, 4.69) is 50.2 Å². The molecule has 0 radical (unpaired) electrons. The van der Waals surface area contributed by atoms with Crippen LogP contribution in [0.3, 0.4) is 0 Å². The van der Waals surface area contributed by atoms with Gasteiger partial charge in [0, 0.05) is 54.7 Å². The van der Waals surface area contributed by atoms with E-state index in [1.165, 1.54) is 11.3 Å². The van der Waals surface area contributed by atoms with Crippen molar-refractivity contribution in [3.8, 4) is 11.1 Å². The van der Waals surface area contributed by atoms with Gasteiger partial charge < -0.3 is 5.32 Å². The van der Waals surface area contributed by atoms with Gasteiger partial charge in [-0.05, 0) is 48.5 Å². The third-order valence-electron chi connectivity index (χ3n) is 6.74. The van der Waals surface area contributed by atoms with Crippen molar-refractivity contribution in [3.05, 3.63) is 53.6 Å². The van der Waals surface area contributed by atoms with Gasteiger partial charge in [-0.15, -0.1) is 0 Å². The van der Waals surface area contributed by atoms with Crippen LogP contribution in [0.2, 0.25) is 0 Å². The summed E-state index contributed by atoms with van der Waals surface area (Å²) >= 11 is 0. The van der Waals surface area contributed by atoms with Gasteiger partial charge in [0.2, 0.25) is 5.92 Å². The first-order chi connectivity index (χ1) is 14.9. The molecule has 6 rings (SSSR count). The quantitative estimate of drug-likeness (QED) is 0.641. The highest BCUT2D eigenvalue weighted by Gasteiger charge is 2.48. The van der Waals surface area contributed by atoms with E-state index in [0.717, 1.165) is 65.9 Å². The Bertz CT molecular complexity index is 1200. The topological polar surface area (TPSA) is 46.0 Å². The fraction of sp³-hybridized carbons (Fsp3) is 0.417. The molecule has 2 fully saturated rings. The smallest absolute Gasteiger partial charge is 0.249 e. The largest absolute Gasteiger partial charge is 0.344 e. The summed E-state index contributed by atoms with van der Waals surface area (Å²) < 4.78 is 29.0. The van der Waals surface area contributed by atoms with Crippen molar-refractivity contribution < 1.29 is 8.78 Å². The van der Waals surface area contributed by atoms with Crippen LogP contribution in [-0.4, -0.2) is 39.2 Å². The number of allylic oxidation sites excluding steroid dienone is 2. The molecule has 0 amide bonds. The highest BCUT2D eigenvalue weighted by atomic mass is 19.3. The second-order valence-electron chi connectivity index (χ2n) is 9.20. The van der Waals surface area contributed by atoms with Crippen LogP contribution < -0.4 is 5.32 Å². The van der Waals surface area contributed by atoms with E-state index in [1.807, 2.05) is 18.5 Å². The van der Waals surface area contributed by atoms with Gasteiger partial charge in [-0.25, -0.2) is 13.8 Å². The Labute approximate surface area is 179 Å². The number of alkyl halides is 2. The van der Waals surface area contributed by atoms with Crippen molar-refractivity contribution in [1.29, 1.82) is 0 Å². The first kappa shape index (κ1) is 18.9. The van der Waals surface area contributed by atoms with E-state index >= 15 is 0 Å². The average molecular weight is 421 g/mol. The van der Waals surface area contributed by atoms with E-state index in [9.17, 15) is 8.78 Å². The lowest BCUT2D eigenvalue weighted by atomic mass is 9.78. The molecule has 0 unspecified atom stereocenters. The monoisotopic (exact) mass is 421 g/mol. The minimum atomic E-state index is -2.52. The van der Waals surface area contributed by atoms with E-state index in [4.69, 9.17) is 0 Å². The molecule has 1 aromatic carbocycles. The van der Waals surface area contributed by atoms with E-state index in [0.29, 0.717) is 0 Å². The van der Waals surface area contributed by atoms with Crippen molar-refractivity contribution in [1.82, 2.24) is 19.7 Å². The molecule has 2 aliphatic carbocycles. The van der Waals surface area contributed by atoms with Crippen LogP contribution in [-0.2, 0) is 13.1 Å². The van der Waals surface area contributed by atoms with Crippen LogP contribution in [0.25, 0.3) is 21.9 Å². The summed E-state index contributed by atoms with van der Waals surface area (Å²) in [5, 5.41) is 10.1. The van der Waals surface area contributed by atoms with E-state index in [1.54, 1.807) is 0 Å². The number of hydrogen-bond acceptors (Lipinski definition) is 4. The molecule has 2 aromatic heterocycles. The van der Waals surface area contributed by atoms with Crippen LogP contribution in [0.1, 0.15) is 31.4 Å². The third-order valence-corrected chi connectivity index (χ3v) is 6.74. The molecule has 3 heterocycles. The number of aromatic nitrogens is 3. The highest BCUT2D eigenvalue weighted by molar-refractivity contribution is 5.89. The average Bonchev–Trinajstić information content (AvgIpc) is 3.49. The number of pyridine rings is 1. The zero-order valence-corrected chi connectivity index (χ0v) is 17.5. The van der Waals surface area contributed by atoms with Crippen LogP contribution >= 0.6 is 0 Å². The number of nitrogens with zero attached hydrogens (tertiary/aromatic N) is 4. The van der Waals surface area contributed by atoms with Gasteiger partial charge >= 0.3 is 0 Å². The Kier molecular flexibility index (Phi) is 4.18. The normalized spacial score (nSPS) is 20.4. The second kappa shape index (κ2) is 6.85. The number of rotatable bonds is 4. The number of hydrogen-bond donors (Lipinski definition) is 1. The van der Waals surface area contributed by atoms with Gasteiger partial charge in [0.15, 0.2) is 0 Å². The van der Waals surface area contributed by atoms with Gasteiger partial charge in [-0.3, -0.25) is 9.58 Å². The predicted octanol–water partition coefficient (Wildman–Crippen LogP) is 5.05. The lowest BCUT2D eigenvalue weighted by molar-refractivity contribution is -0.0990. The zero-order valence-electron chi connectivity index (χ0n) is 17.5. The van der Waals surface area contributed by atoms with Gasteiger partial charge in [-0.1, -0.05) is 12.1 Å². The fourth-order valence-electron chi connectivity index (χ4n) is 4.80. The van der Waals surface area contributed by atoms with Crippen LogP contribution in [0, 0.1) is 5.92 Å². The molecule has 3 aromatic rings. The standard InChI is InChI=1S/C24H25F2N5/c1-30-6-7-31-21(14-30)20(13-28-31)16-4-5-17-12-27-22(9-18(17)8-16)29-23(15-2-3-15)19-10-24(25,26)11-19/h4-5,8-9,12-13,19H,2-3,6-7,10-11,14H2,1H3,(H,27,29). The Balaban J connectivity index is 1.31. The van der Waals surface area contributed by atoms with Crippen molar-refractivity contribution in [2.45, 2.75) is 44.7 Å². The van der Waals surface area contributed by atoms with E-state index < -0.39 is 5.92 Å². The van der Waals surface area contributed by atoms with Crippen molar-refractivity contribution >= 4 is 16.6 Å². The molecule has 0 saturated heterocycles. The molecule has 0 spiro atoms. The molecule has 160 valence electrons. The predicted molar refractivity (Wildman–Crippen MR) is 117 cm³/mol. The molecule has 1 N–H and O–H groups in total. The van der Waals surface area contributed by atoms with Gasteiger partial charge in [0.1, 0.15) is 5.82 Å². The van der Waals surface area contributed by atoms with Gasteiger partial charge in [0.05, 0.1) is 18.4 Å². The lowest BCUT2D eigenvalue weighted by Crippen LogP contribution is -2.38. The number of benzene rings is 1. The summed E-state index contributed by atoms with van der Waals surface area (Å²) in [5.41, 5.74) is 5.79. The summed E-state index contributed by atoms with van der Waals surface area (Å²) in [5.74, 6) is -1.87. The zero-order chi connectivity index (χ0) is 21.2. The molecular formula is C24H25F2N5. The Hall–Kier alpha value is -2.80. The van der Waals surface area contributed by atoms with Crippen molar-refractivity contribution in [2.75, 3.05) is 18.9 Å². The molecule has 1 aliphatic heterocycles. The molecule has 31 heavy (non-hydrogen) atoms.